The van der Waals surface area contributed by atoms with Gasteiger partial charge < -0.3 is 0 Å². The van der Waals surface area contributed by atoms with Gasteiger partial charge in [-0.15, -0.1) is 13.2 Å². The number of hydrogen-bond donors (Lipinski definition) is 0. The largest absolute Gasteiger partial charge is 0.103 e. The summed E-state index contributed by atoms with van der Waals surface area (Å²) in [6.07, 6.45) is 7.56. The molecular formula is C43H62. The third-order valence-electron chi connectivity index (χ3n) is 6.68. The summed E-state index contributed by atoms with van der Waals surface area (Å²) < 4.78 is 0. The van der Waals surface area contributed by atoms with Crippen molar-refractivity contribution >= 4 is 5.57 Å². The molecule has 0 heteroatoms. The smallest absolute Gasteiger partial charge is 0.0280 e. The SMILES string of the molecule is C=C(C)c1ccc(C(C)(C)CCC)cc1.C=CCCC(=C)C.CC.CC.CCc1ccccc1C#Cc1ccccc1C. The van der Waals surface area contributed by atoms with Crippen molar-refractivity contribution in [3.05, 3.63) is 138 Å². The van der Waals surface area contributed by atoms with E-state index in [1.54, 1.807) is 0 Å². The fraction of sp³-hybridized carbons (Fsp3) is 0.395. The molecule has 234 valence electrons. The lowest BCUT2D eigenvalue weighted by atomic mass is 9.80. The van der Waals surface area contributed by atoms with Gasteiger partial charge in [-0.2, -0.15) is 0 Å². The normalized spacial score (nSPS) is 9.37. The fourth-order valence-electron chi connectivity index (χ4n) is 4.12. The molecule has 0 nitrogen and oxygen atoms in total. The van der Waals surface area contributed by atoms with E-state index in [0.717, 1.165) is 36.0 Å². The molecule has 0 aliphatic heterocycles. The number of benzene rings is 3. The third kappa shape index (κ3) is 17.9. The van der Waals surface area contributed by atoms with Gasteiger partial charge in [-0.1, -0.05) is 158 Å². The Balaban J connectivity index is 0. The molecule has 0 aliphatic rings. The summed E-state index contributed by atoms with van der Waals surface area (Å²) in [5.74, 6) is 6.53. The maximum atomic E-state index is 3.95. The second-order valence-electron chi connectivity index (χ2n) is 10.9. The van der Waals surface area contributed by atoms with E-state index in [1.165, 1.54) is 40.7 Å². The highest BCUT2D eigenvalue weighted by molar-refractivity contribution is 5.61. The predicted octanol–water partition coefficient (Wildman–Crippen LogP) is 13.3. The maximum absolute atomic E-state index is 3.95. The Morgan fingerprint density at radius 2 is 1.28 bits per heavy atom. The minimum Gasteiger partial charge on any atom is -0.103 e. The molecule has 0 fully saturated rings. The van der Waals surface area contributed by atoms with Crippen LogP contribution in [0.2, 0.25) is 0 Å². The van der Waals surface area contributed by atoms with Gasteiger partial charge in [0, 0.05) is 11.1 Å². The van der Waals surface area contributed by atoms with Crippen molar-refractivity contribution in [1.82, 2.24) is 0 Å². The molecule has 0 radical (unpaired) electrons. The first kappa shape index (κ1) is 41.6. The lowest BCUT2D eigenvalue weighted by Gasteiger charge is -2.24. The van der Waals surface area contributed by atoms with E-state index in [1.807, 2.05) is 65.8 Å². The monoisotopic (exact) mass is 578 g/mol. The topological polar surface area (TPSA) is 0 Å². The van der Waals surface area contributed by atoms with E-state index in [4.69, 9.17) is 0 Å². The van der Waals surface area contributed by atoms with Gasteiger partial charge in [0.25, 0.3) is 0 Å². The van der Waals surface area contributed by atoms with Gasteiger partial charge in [-0.25, -0.2) is 0 Å². The highest BCUT2D eigenvalue weighted by Gasteiger charge is 2.18. The Labute approximate surface area is 268 Å². The van der Waals surface area contributed by atoms with Crippen molar-refractivity contribution in [2.24, 2.45) is 0 Å². The summed E-state index contributed by atoms with van der Waals surface area (Å²) in [5, 5.41) is 0. The van der Waals surface area contributed by atoms with Gasteiger partial charge in [0.1, 0.15) is 0 Å². The summed E-state index contributed by atoms with van der Waals surface area (Å²) in [4.78, 5) is 0. The molecule has 0 heterocycles. The molecule has 43 heavy (non-hydrogen) atoms. The van der Waals surface area contributed by atoms with Gasteiger partial charge >= 0.3 is 0 Å². The Bertz CT molecular complexity index is 1240. The summed E-state index contributed by atoms with van der Waals surface area (Å²) in [5.41, 5.74) is 10.1. The zero-order valence-corrected chi connectivity index (χ0v) is 29.7. The lowest BCUT2D eigenvalue weighted by Crippen LogP contribution is -2.16. The molecule has 0 spiro atoms. The van der Waals surface area contributed by atoms with Gasteiger partial charge in [0.15, 0.2) is 0 Å². The van der Waals surface area contributed by atoms with Gasteiger partial charge in [-0.05, 0) is 86.3 Å². The van der Waals surface area contributed by atoms with Gasteiger partial charge in [0.05, 0.1) is 0 Å². The van der Waals surface area contributed by atoms with E-state index in [0.29, 0.717) is 5.41 Å². The number of hydrogen-bond acceptors (Lipinski definition) is 0. The van der Waals surface area contributed by atoms with Crippen LogP contribution < -0.4 is 0 Å². The van der Waals surface area contributed by atoms with Crippen molar-refractivity contribution in [3.8, 4) is 11.8 Å². The van der Waals surface area contributed by atoms with E-state index >= 15 is 0 Å². The molecule has 0 N–H and O–H groups in total. The Kier molecular flexibility index (Phi) is 24.2. The Morgan fingerprint density at radius 1 is 0.767 bits per heavy atom. The predicted molar refractivity (Wildman–Crippen MR) is 199 cm³/mol. The molecule has 3 aromatic rings. The Morgan fingerprint density at radius 3 is 1.72 bits per heavy atom. The highest BCUT2D eigenvalue weighted by Crippen LogP contribution is 2.29. The molecule has 3 aromatic carbocycles. The van der Waals surface area contributed by atoms with Crippen molar-refractivity contribution in [3.63, 3.8) is 0 Å². The molecule has 3 rings (SSSR count). The van der Waals surface area contributed by atoms with Crippen LogP contribution in [-0.4, -0.2) is 0 Å². The zero-order valence-electron chi connectivity index (χ0n) is 29.7. The molecule has 0 bridgehead atoms. The minimum absolute atomic E-state index is 0.294. The van der Waals surface area contributed by atoms with Crippen LogP contribution in [0.4, 0.5) is 0 Å². The molecule has 0 saturated heterocycles. The summed E-state index contributed by atoms with van der Waals surface area (Å²) in [6, 6.07) is 25.4. The first-order chi connectivity index (χ1) is 20.5. The van der Waals surface area contributed by atoms with Crippen LogP contribution in [0.5, 0.6) is 0 Å². The average molecular weight is 579 g/mol. The molecule has 0 saturated carbocycles. The van der Waals surface area contributed by atoms with Crippen LogP contribution in [0.1, 0.15) is 128 Å². The quantitative estimate of drug-likeness (QED) is 0.184. The van der Waals surface area contributed by atoms with Crippen LogP contribution in [0.3, 0.4) is 0 Å². The third-order valence-corrected chi connectivity index (χ3v) is 6.68. The second kappa shape index (κ2) is 25.0. The molecule has 0 aromatic heterocycles. The van der Waals surface area contributed by atoms with E-state index in [9.17, 15) is 0 Å². The summed E-state index contributed by atoms with van der Waals surface area (Å²) in [6.45, 7) is 34.5. The number of aryl methyl sites for hydroxylation is 2. The molecule has 0 amide bonds. The van der Waals surface area contributed by atoms with E-state index in [2.05, 4.69) is 121 Å². The van der Waals surface area contributed by atoms with Crippen LogP contribution in [0, 0.1) is 18.8 Å². The lowest BCUT2D eigenvalue weighted by molar-refractivity contribution is 0.473. The standard InChI is InChI=1S/C17H16.C15H22.C7H12.2C2H6/c1-3-15-9-6-7-11-17(15)13-12-16-10-5-4-8-14(16)2;1-6-11-15(4,5)14-9-7-13(8-10-14)12(2)3;1-4-5-6-7(2)3;2*1-2/h4-11H,3H2,1-2H3;7-10H,2,6,11H2,1,3-5H3;4H,1-2,5-6H2,3H3;2*1-2H3. The van der Waals surface area contributed by atoms with Crippen LogP contribution in [0.15, 0.2) is 104 Å². The second-order valence-corrected chi connectivity index (χ2v) is 10.9. The Hall–Kier alpha value is -3.56. The molecule has 0 unspecified atom stereocenters. The molecule has 0 aliphatic carbocycles. The summed E-state index contributed by atoms with van der Waals surface area (Å²) >= 11 is 0. The average Bonchev–Trinajstić information content (AvgIpc) is 3.02. The maximum Gasteiger partial charge on any atom is 0.0280 e. The van der Waals surface area contributed by atoms with Crippen LogP contribution in [-0.2, 0) is 11.8 Å². The fourth-order valence-corrected chi connectivity index (χ4v) is 4.12. The molecular weight excluding hydrogens is 516 g/mol. The number of allylic oxidation sites excluding steroid dienone is 3. The van der Waals surface area contributed by atoms with E-state index < -0.39 is 0 Å². The molecule has 0 atom stereocenters. The summed E-state index contributed by atoms with van der Waals surface area (Å²) in [7, 11) is 0. The van der Waals surface area contributed by atoms with Crippen molar-refractivity contribution in [1.29, 1.82) is 0 Å². The number of rotatable bonds is 8. The minimum atomic E-state index is 0.294. The van der Waals surface area contributed by atoms with Crippen molar-refractivity contribution in [2.75, 3.05) is 0 Å². The van der Waals surface area contributed by atoms with Gasteiger partial charge in [0.2, 0.25) is 0 Å². The first-order valence-electron chi connectivity index (χ1n) is 16.2. The van der Waals surface area contributed by atoms with Crippen molar-refractivity contribution in [2.45, 2.75) is 114 Å². The first-order valence-corrected chi connectivity index (χ1v) is 16.2. The van der Waals surface area contributed by atoms with Crippen LogP contribution >= 0.6 is 0 Å². The zero-order chi connectivity index (χ0) is 33.3. The van der Waals surface area contributed by atoms with Crippen molar-refractivity contribution < 1.29 is 0 Å². The van der Waals surface area contributed by atoms with E-state index in [-0.39, 0.29) is 0 Å². The van der Waals surface area contributed by atoms with Gasteiger partial charge in [-0.3, -0.25) is 0 Å². The van der Waals surface area contributed by atoms with Crippen LogP contribution in [0.25, 0.3) is 5.57 Å². The highest BCUT2D eigenvalue weighted by atomic mass is 14.2.